The molecule has 0 bridgehead atoms. The van der Waals surface area contributed by atoms with Crippen LogP contribution >= 0.6 is 0 Å². The van der Waals surface area contributed by atoms with Crippen molar-refractivity contribution in [1.82, 2.24) is 0 Å². The minimum absolute atomic E-state index is 0.204. The number of aliphatic carboxylic acids is 1. The van der Waals surface area contributed by atoms with Crippen molar-refractivity contribution in [3.05, 3.63) is 59.8 Å². The second-order valence-corrected chi connectivity index (χ2v) is 5.53. The summed E-state index contributed by atoms with van der Waals surface area (Å²) < 4.78 is 11.1. The number of rotatable bonds is 9. The maximum Gasteiger partial charge on any atom is 0.333 e. The van der Waals surface area contributed by atoms with Crippen molar-refractivity contribution in [3.63, 3.8) is 0 Å². The van der Waals surface area contributed by atoms with Gasteiger partial charge in [-0.3, -0.25) is 0 Å². The first-order valence-electron chi connectivity index (χ1n) is 8.47. The number of ether oxygens (including phenoxy) is 2. The van der Waals surface area contributed by atoms with Gasteiger partial charge in [0.25, 0.3) is 0 Å². The molecule has 0 saturated carbocycles. The van der Waals surface area contributed by atoms with Crippen molar-refractivity contribution in [2.45, 2.75) is 20.3 Å². The van der Waals surface area contributed by atoms with Crippen LogP contribution in [0.2, 0.25) is 0 Å². The van der Waals surface area contributed by atoms with Gasteiger partial charge in [0.15, 0.2) is 0 Å². The molecule has 0 aliphatic rings. The van der Waals surface area contributed by atoms with E-state index in [1.807, 2.05) is 44.2 Å². The van der Waals surface area contributed by atoms with Gasteiger partial charge in [0.05, 0.1) is 18.8 Å². The summed E-state index contributed by atoms with van der Waals surface area (Å²) in [6, 6.07) is 12.9. The van der Waals surface area contributed by atoms with Gasteiger partial charge < -0.3 is 25.6 Å². The number of carboxylic acids is 1. The Kier molecular flexibility index (Phi) is 6.91. The fourth-order valence-corrected chi connectivity index (χ4v) is 2.42. The predicted octanol–water partition coefficient (Wildman–Crippen LogP) is 3.69. The van der Waals surface area contributed by atoms with E-state index in [1.165, 1.54) is 6.20 Å². The normalized spacial score (nSPS) is 11.1. The predicted molar refractivity (Wildman–Crippen MR) is 103 cm³/mol. The van der Waals surface area contributed by atoms with E-state index in [4.69, 9.17) is 15.2 Å². The third kappa shape index (κ3) is 5.17. The Balaban J connectivity index is 2.28. The zero-order valence-corrected chi connectivity index (χ0v) is 15.0. The summed E-state index contributed by atoms with van der Waals surface area (Å²) in [5, 5.41) is 12.5. The molecule has 6 heteroatoms. The van der Waals surface area contributed by atoms with E-state index in [0.29, 0.717) is 30.4 Å². The topological polar surface area (TPSA) is 93.8 Å². The average Bonchev–Trinajstić information content (AvgIpc) is 2.63. The number of hydrogen-bond acceptors (Lipinski definition) is 5. The number of nitrogens with two attached hydrogens (primary N) is 1. The monoisotopic (exact) mass is 356 g/mol. The van der Waals surface area contributed by atoms with Crippen LogP contribution in [-0.2, 0) is 11.2 Å². The average molecular weight is 356 g/mol. The molecule has 0 fully saturated rings. The summed E-state index contributed by atoms with van der Waals surface area (Å²) in [6.07, 6.45) is 1.70. The molecule has 6 nitrogen and oxygen atoms in total. The van der Waals surface area contributed by atoms with Crippen LogP contribution in [0.3, 0.4) is 0 Å². The van der Waals surface area contributed by atoms with E-state index in [2.05, 4.69) is 5.32 Å². The van der Waals surface area contributed by atoms with Gasteiger partial charge in [-0.1, -0.05) is 18.2 Å². The Morgan fingerprint density at radius 3 is 2.19 bits per heavy atom. The molecule has 2 aromatic carbocycles. The summed E-state index contributed by atoms with van der Waals surface area (Å²) in [4.78, 5) is 11.6. The van der Waals surface area contributed by atoms with Gasteiger partial charge in [-0.25, -0.2) is 4.79 Å². The van der Waals surface area contributed by atoms with E-state index in [9.17, 15) is 9.90 Å². The van der Waals surface area contributed by atoms with Crippen molar-refractivity contribution in [3.8, 4) is 11.5 Å². The molecule has 0 spiro atoms. The molecule has 0 aliphatic carbocycles. The quantitative estimate of drug-likeness (QED) is 0.469. The van der Waals surface area contributed by atoms with Crippen molar-refractivity contribution < 1.29 is 19.4 Å². The number of para-hydroxylation sites is 1. The molecule has 4 N–H and O–H groups in total. The first kappa shape index (κ1) is 19.2. The number of nitrogens with one attached hydrogen (secondary N) is 1. The molecule has 0 unspecified atom stereocenters. The SMILES string of the molecule is CCOc1cc(CC(=CNc2ccccc2)C(=O)O)cc(OCC)c1N. The fraction of sp³-hybridized carbons (Fsp3) is 0.250. The molecule has 26 heavy (non-hydrogen) atoms. The molecule has 0 heterocycles. The number of hydrogen-bond donors (Lipinski definition) is 3. The van der Waals surface area contributed by atoms with E-state index in [-0.39, 0.29) is 12.0 Å². The van der Waals surface area contributed by atoms with Crippen LogP contribution in [0, 0.1) is 0 Å². The number of benzene rings is 2. The Morgan fingerprint density at radius 2 is 1.69 bits per heavy atom. The van der Waals surface area contributed by atoms with Gasteiger partial charge in [-0.05, 0) is 43.7 Å². The van der Waals surface area contributed by atoms with Crippen molar-refractivity contribution in [2.75, 3.05) is 24.3 Å². The molecule has 138 valence electrons. The highest BCUT2D eigenvalue weighted by Gasteiger charge is 2.14. The number of carboxylic acid groups (broad SMARTS) is 1. The first-order chi connectivity index (χ1) is 12.5. The lowest BCUT2D eigenvalue weighted by Crippen LogP contribution is -2.08. The van der Waals surface area contributed by atoms with Crippen LogP contribution < -0.4 is 20.5 Å². The van der Waals surface area contributed by atoms with Gasteiger partial charge >= 0.3 is 5.97 Å². The van der Waals surface area contributed by atoms with Crippen molar-refractivity contribution in [2.24, 2.45) is 0 Å². The van der Waals surface area contributed by atoms with Crippen LogP contribution in [-0.4, -0.2) is 24.3 Å². The maximum absolute atomic E-state index is 11.6. The van der Waals surface area contributed by atoms with Gasteiger partial charge in [-0.2, -0.15) is 0 Å². The molecular formula is C20H24N2O4. The molecular weight excluding hydrogens is 332 g/mol. The zero-order chi connectivity index (χ0) is 18.9. The molecule has 0 radical (unpaired) electrons. The molecule has 0 amide bonds. The van der Waals surface area contributed by atoms with Crippen molar-refractivity contribution >= 4 is 17.3 Å². The third-order valence-electron chi connectivity index (χ3n) is 3.62. The van der Waals surface area contributed by atoms with Crippen LogP contribution in [0.1, 0.15) is 19.4 Å². The molecule has 0 aliphatic heterocycles. The largest absolute Gasteiger partial charge is 0.492 e. The lowest BCUT2D eigenvalue weighted by atomic mass is 10.0. The summed E-state index contributed by atoms with van der Waals surface area (Å²) >= 11 is 0. The summed E-state index contributed by atoms with van der Waals surface area (Å²) in [5.41, 5.74) is 8.24. The lowest BCUT2D eigenvalue weighted by molar-refractivity contribution is -0.132. The minimum atomic E-state index is -0.999. The highest BCUT2D eigenvalue weighted by molar-refractivity contribution is 5.87. The Labute approximate surface area is 153 Å². The smallest absolute Gasteiger partial charge is 0.333 e. The van der Waals surface area contributed by atoms with Crippen molar-refractivity contribution in [1.29, 1.82) is 0 Å². The van der Waals surface area contributed by atoms with Gasteiger partial charge in [-0.15, -0.1) is 0 Å². The van der Waals surface area contributed by atoms with E-state index in [1.54, 1.807) is 12.1 Å². The Morgan fingerprint density at radius 1 is 1.12 bits per heavy atom. The minimum Gasteiger partial charge on any atom is -0.492 e. The molecule has 0 aromatic heterocycles. The fourth-order valence-electron chi connectivity index (χ4n) is 2.42. The molecule has 2 aromatic rings. The second kappa shape index (κ2) is 9.36. The zero-order valence-electron chi connectivity index (χ0n) is 15.0. The summed E-state index contributed by atoms with van der Waals surface area (Å²) in [5.74, 6) is -0.00964. The van der Waals surface area contributed by atoms with Gasteiger partial charge in [0.2, 0.25) is 0 Å². The highest BCUT2D eigenvalue weighted by atomic mass is 16.5. The maximum atomic E-state index is 11.6. The van der Waals surface area contributed by atoms with Crippen LogP contribution in [0.15, 0.2) is 54.2 Å². The lowest BCUT2D eigenvalue weighted by Gasteiger charge is -2.15. The Hall–Kier alpha value is -3.15. The van der Waals surface area contributed by atoms with Crippen LogP contribution in [0.5, 0.6) is 11.5 Å². The molecule has 0 saturated heterocycles. The Bertz CT molecular complexity index is 746. The molecule has 2 rings (SSSR count). The number of anilines is 2. The first-order valence-corrected chi connectivity index (χ1v) is 8.47. The van der Waals surface area contributed by atoms with E-state index < -0.39 is 5.97 Å². The van der Waals surface area contributed by atoms with Crippen LogP contribution in [0.25, 0.3) is 0 Å². The highest BCUT2D eigenvalue weighted by Crippen LogP contribution is 2.34. The summed E-state index contributed by atoms with van der Waals surface area (Å²) in [7, 11) is 0. The third-order valence-corrected chi connectivity index (χ3v) is 3.62. The second-order valence-electron chi connectivity index (χ2n) is 5.53. The van der Waals surface area contributed by atoms with Gasteiger partial charge in [0.1, 0.15) is 17.2 Å². The van der Waals surface area contributed by atoms with E-state index >= 15 is 0 Å². The van der Waals surface area contributed by atoms with Gasteiger partial charge in [0, 0.05) is 18.3 Å². The molecule has 0 atom stereocenters. The summed E-state index contributed by atoms with van der Waals surface area (Å²) in [6.45, 7) is 4.63. The van der Waals surface area contributed by atoms with Crippen LogP contribution in [0.4, 0.5) is 11.4 Å². The van der Waals surface area contributed by atoms with E-state index in [0.717, 1.165) is 11.3 Å². The standard InChI is InChI=1S/C20H24N2O4/c1-3-25-17-11-14(12-18(19(17)21)26-4-2)10-15(20(23)24)13-22-16-8-6-5-7-9-16/h5-9,11-13,22H,3-4,10,21H2,1-2H3,(H,23,24). The number of nitrogen functional groups attached to an aromatic ring is 1. The number of carbonyl (C=O) groups is 1.